The molecule has 1 aromatic heterocycles. The average molecular weight is 423 g/mol. The van der Waals surface area contributed by atoms with Crippen LogP contribution in [0.5, 0.6) is 11.5 Å². The molecule has 0 saturated carbocycles. The van der Waals surface area contributed by atoms with E-state index in [1.165, 1.54) is 14.2 Å². The molecule has 0 atom stereocenters. The molecule has 0 fully saturated rings. The molecule has 0 aliphatic heterocycles. The zero-order chi connectivity index (χ0) is 21.4. The highest BCUT2D eigenvalue weighted by Crippen LogP contribution is 2.35. The van der Waals surface area contributed by atoms with E-state index in [1.54, 1.807) is 12.1 Å². The topological polar surface area (TPSA) is 101 Å². The summed E-state index contributed by atoms with van der Waals surface area (Å²) >= 11 is 6.14. The molecule has 29 heavy (non-hydrogen) atoms. The summed E-state index contributed by atoms with van der Waals surface area (Å²) < 4.78 is 10.4. The van der Waals surface area contributed by atoms with E-state index in [2.05, 4.69) is 30.8 Å². The van der Waals surface area contributed by atoms with Crippen molar-refractivity contribution in [2.45, 2.75) is 13.3 Å². The Balaban J connectivity index is 2.04. The summed E-state index contributed by atoms with van der Waals surface area (Å²) in [6, 6.07) is 4.45. The Bertz CT molecular complexity index is 847. The summed E-state index contributed by atoms with van der Waals surface area (Å²) in [7, 11) is 7.05. The smallest absolute Gasteiger partial charge is 0.326 e. The van der Waals surface area contributed by atoms with Gasteiger partial charge in [0, 0.05) is 24.4 Å². The van der Waals surface area contributed by atoms with Crippen molar-refractivity contribution < 1.29 is 14.3 Å². The molecule has 0 unspecified atom stereocenters. The lowest BCUT2D eigenvalue weighted by Crippen LogP contribution is -2.22. The van der Waals surface area contributed by atoms with E-state index in [0.717, 1.165) is 25.2 Å². The van der Waals surface area contributed by atoms with E-state index in [9.17, 15) is 4.79 Å². The summed E-state index contributed by atoms with van der Waals surface area (Å²) in [6.45, 7) is 3.57. The number of methoxy groups -OCH3 is 2. The quantitative estimate of drug-likeness (QED) is 0.532. The van der Waals surface area contributed by atoms with E-state index < -0.39 is 6.03 Å². The molecule has 0 spiro atoms. The Morgan fingerprint density at radius 3 is 2.48 bits per heavy atom. The van der Waals surface area contributed by atoms with Gasteiger partial charge in [0.15, 0.2) is 0 Å². The number of carbonyl (C=O) groups excluding carboxylic acids is 1. The van der Waals surface area contributed by atoms with E-state index in [-0.39, 0.29) is 5.95 Å². The second-order valence-corrected chi connectivity index (χ2v) is 6.98. The van der Waals surface area contributed by atoms with Crippen molar-refractivity contribution in [2.24, 2.45) is 0 Å². The molecule has 0 aliphatic rings. The molecule has 0 bridgehead atoms. The van der Waals surface area contributed by atoms with Crippen LogP contribution in [-0.4, -0.2) is 62.3 Å². The first-order valence-corrected chi connectivity index (χ1v) is 9.44. The minimum atomic E-state index is -0.520. The fourth-order valence-electron chi connectivity index (χ4n) is 2.54. The van der Waals surface area contributed by atoms with Crippen LogP contribution in [0.2, 0.25) is 5.02 Å². The molecule has 158 valence electrons. The second kappa shape index (κ2) is 10.7. The van der Waals surface area contributed by atoms with Crippen LogP contribution in [-0.2, 0) is 0 Å². The number of urea groups is 1. The van der Waals surface area contributed by atoms with Gasteiger partial charge in [0.25, 0.3) is 0 Å². The molecule has 0 radical (unpaired) electrons. The van der Waals surface area contributed by atoms with Gasteiger partial charge < -0.3 is 25.0 Å². The third-order valence-corrected chi connectivity index (χ3v) is 4.19. The Morgan fingerprint density at radius 1 is 1.10 bits per heavy atom. The number of halogens is 1. The average Bonchev–Trinajstić information content (AvgIpc) is 2.65. The standard InChI is InChI=1S/C19H27ClN6O3/c1-12-9-17(21-7-6-8-26(2)3)24-18(22-12)25-19(27)23-14-10-13(20)15(28-4)11-16(14)29-5/h9-11H,6-8H2,1-5H3,(H3,21,22,23,24,25,27). The first-order valence-electron chi connectivity index (χ1n) is 9.06. The molecular formula is C19H27ClN6O3. The van der Waals surface area contributed by atoms with Gasteiger partial charge in [-0.2, -0.15) is 4.98 Å². The molecule has 3 N–H and O–H groups in total. The summed E-state index contributed by atoms with van der Waals surface area (Å²) in [6.07, 6.45) is 0.970. The van der Waals surface area contributed by atoms with Gasteiger partial charge in [0.2, 0.25) is 5.95 Å². The fourth-order valence-corrected chi connectivity index (χ4v) is 2.78. The maximum Gasteiger partial charge on any atom is 0.326 e. The van der Waals surface area contributed by atoms with Gasteiger partial charge in [-0.1, -0.05) is 11.6 Å². The van der Waals surface area contributed by atoms with Gasteiger partial charge in [0.05, 0.1) is 24.9 Å². The van der Waals surface area contributed by atoms with E-state index in [1.807, 2.05) is 27.1 Å². The van der Waals surface area contributed by atoms with Gasteiger partial charge >= 0.3 is 6.03 Å². The first kappa shape index (κ1) is 22.5. The van der Waals surface area contributed by atoms with Crippen LogP contribution < -0.4 is 25.4 Å². The number of nitrogens with zero attached hydrogens (tertiary/aromatic N) is 3. The number of hydrogen-bond donors (Lipinski definition) is 3. The van der Waals surface area contributed by atoms with Gasteiger partial charge in [-0.05, 0) is 40.1 Å². The Morgan fingerprint density at radius 2 is 1.83 bits per heavy atom. The van der Waals surface area contributed by atoms with Crippen LogP contribution in [0, 0.1) is 6.92 Å². The van der Waals surface area contributed by atoms with Crippen LogP contribution in [0.25, 0.3) is 0 Å². The van der Waals surface area contributed by atoms with E-state index in [0.29, 0.717) is 28.0 Å². The summed E-state index contributed by atoms with van der Waals surface area (Å²) in [5, 5.41) is 8.90. The third kappa shape index (κ3) is 6.95. The lowest BCUT2D eigenvalue weighted by Gasteiger charge is -2.14. The molecule has 9 nitrogen and oxygen atoms in total. The minimum Gasteiger partial charge on any atom is -0.495 e. The van der Waals surface area contributed by atoms with Crippen LogP contribution in [0.4, 0.5) is 22.2 Å². The van der Waals surface area contributed by atoms with E-state index >= 15 is 0 Å². The zero-order valence-electron chi connectivity index (χ0n) is 17.3. The highest BCUT2D eigenvalue weighted by molar-refractivity contribution is 6.32. The normalized spacial score (nSPS) is 10.6. The minimum absolute atomic E-state index is 0.191. The molecule has 2 rings (SSSR count). The maximum atomic E-state index is 12.4. The van der Waals surface area contributed by atoms with Crippen LogP contribution in [0.15, 0.2) is 18.2 Å². The lowest BCUT2D eigenvalue weighted by molar-refractivity contribution is 0.262. The van der Waals surface area contributed by atoms with E-state index in [4.69, 9.17) is 21.1 Å². The van der Waals surface area contributed by atoms with Crippen LogP contribution in [0.1, 0.15) is 12.1 Å². The molecule has 1 aromatic carbocycles. The van der Waals surface area contributed by atoms with Gasteiger partial charge in [0.1, 0.15) is 17.3 Å². The number of benzene rings is 1. The van der Waals surface area contributed by atoms with Gasteiger partial charge in [-0.25, -0.2) is 9.78 Å². The van der Waals surface area contributed by atoms with Crippen molar-refractivity contribution in [1.29, 1.82) is 0 Å². The molecule has 10 heteroatoms. The lowest BCUT2D eigenvalue weighted by atomic mass is 10.2. The second-order valence-electron chi connectivity index (χ2n) is 6.57. The first-order chi connectivity index (χ1) is 13.8. The molecule has 1 heterocycles. The molecule has 0 saturated heterocycles. The predicted molar refractivity (Wildman–Crippen MR) is 116 cm³/mol. The highest BCUT2D eigenvalue weighted by atomic mass is 35.5. The molecule has 2 aromatic rings. The molecule has 2 amide bonds. The monoisotopic (exact) mass is 422 g/mol. The summed E-state index contributed by atoms with van der Waals surface area (Å²) in [5.41, 5.74) is 1.13. The maximum absolute atomic E-state index is 12.4. The fraction of sp³-hybridized carbons (Fsp3) is 0.421. The number of rotatable bonds is 9. The van der Waals surface area contributed by atoms with Gasteiger partial charge in [-0.15, -0.1) is 0 Å². The Kier molecular flexibility index (Phi) is 8.29. The Hall–Kier alpha value is -2.78. The number of aryl methyl sites for hydroxylation is 1. The number of amides is 2. The highest BCUT2D eigenvalue weighted by Gasteiger charge is 2.14. The number of anilines is 3. The number of aromatic nitrogens is 2. The number of carbonyl (C=O) groups is 1. The van der Waals surface area contributed by atoms with Crippen molar-refractivity contribution in [1.82, 2.24) is 14.9 Å². The Labute approximate surface area is 175 Å². The zero-order valence-corrected chi connectivity index (χ0v) is 18.1. The SMILES string of the molecule is COc1cc(OC)c(NC(=O)Nc2nc(C)cc(NCCCN(C)C)n2)cc1Cl. The van der Waals surface area contributed by atoms with Crippen molar-refractivity contribution >= 4 is 35.1 Å². The molecular weight excluding hydrogens is 396 g/mol. The largest absolute Gasteiger partial charge is 0.495 e. The third-order valence-electron chi connectivity index (χ3n) is 3.89. The summed E-state index contributed by atoms with van der Waals surface area (Å²) in [4.78, 5) is 23.1. The van der Waals surface area contributed by atoms with Gasteiger partial charge in [-0.3, -0.25) is 5.32 Å². The number of nitrogens with one attached hydrogen (secondary N) is 3. The number of ether oxygens (including phenoxy) is 2. The van der Waals surface area contributed by atoms with Crippen molar-refractivity contribution in [3.63, 3.8) is 0 Å². The van der Waals surface area contributed by atoms with Crippen LogP contribution >= 0.6 is 11.6 Å². The van der Waals surface area contributed by atoms with Crippen molar-refractivity contribution in [2.75, 3.05) is 57.4 Å². The molecule has 0 aliphatic carbocycles. The predicted octanol–water partition coefficient (Wildman–Crippen LogP) is 3.46. The van der Waals surface area contributed by atoms with Crippen molar-refractivity contribution in [3.05, 3.63) is 28.9 Å². The van der Waals surface area contributed by atoms with Crippen molar-refractivity contribution in [3.8, 4) is 11.5 Å². The summed E-state index contributed by atoms with van der Waals surface area (Å²) in [5.74, 6) is 1.70. The van der Waals surface area contributed by atoms with Crippen LogP contribution in [0.3, 0.4) is 0 Å². The number of hydrogen-bond acceptors (Lipinski definition) is 7.